The Morgan fingerprint density at radius 1 is 1.22 bits per heavy atom. The van der Waals surface area contributed by atoms with Crippen molar-refractivity contribution in [3.8, 4) is 0 Å². The molecule has 0 unspecified atom stereocenters. The van der Waals surface area contributed by atoms with E-state index in [2.05, 4.69) is 56.8 Å². The molecule has 0 bridgehead atoms. The lowest BCUT2D eigenvalue weighted by atomic mass is 10.0. The highest BCUT2D eigenvalue weighted by molar-refractivity contribution is 5.22. The van der Waals surface area contributed by atoms with Gasteiger partial charge in [0, 0.05) is 0 Å². The second-order valence-corrected chi connectivity index (χ2v) is 4.83. The molecule has 0 aliphatic carbocycles. The van der Waals surface area contributed by atoms with E-state index in [0.29, 0.717) is 0 Å². The molecule has 0 saturated heterocycles. The van der Waals surface area contributed by atoms with Gasteiger partial charge >= 0.3 is 0 Å². The Hall–Kier alpha value is -1.56. The van der Waals surface area contributed by atoms with E-state index >= 15 is 0 Å². The van der Waals surface area contributed by atoms with Crippen LogP contribution in [0.15, 0.2) is 60.7 Å². The summed E-state index contributed by atoms with van der Waals surface area (Å²) in [7, 11) is 0. The molecule has 0 atom stereocenters. The number of aryl methyl sites for hydroxylation is 2. The molecule has 96 valence electrons. The molecule has 0 aromatic heterocycles. The highest BCUT2D eigenvalue weighted by atomic mass is 14.0. The smallest absolute Gasteiger partial charge is 0.0279 e. The summed E-state index contributed by atoms with van der Waals surface area (Å²) in [5.74, 6) is 0. The molecular weight excluding hydrogens is 216 g/mol. The molecule has 1 aromatic carbocycles. The maximum Gasteiger partial charge on any atom is -0.0279 e. The predicted octanol–water partition coefficient (Wildman–Crippen LogP) is 5.40. The Morgan fingerprint density at radius 3 is 2.78 bits per heavy atom. The summed E-state index contributed by atoms with van der Waals surface area (Å²) in [6, 6.07) is 8.82. The highest BCUT2D eigenvalue weighted by Gasteiger charge is 1.95. The van der Waals surface area contributed by atoms with Crippen LogP contribution in [0.1, 0.15) is 37.3 Å². The second-order valence-electron chi connectivity index (χ2n) is 4.83. The molecule has 0 amide bonds. The predicted molar refractivity (Wildman–Crippen MR) is 81.8 cm³/mol. The molecule has 0 aliphatic rings. The minimum atomic E-state index is 1.19. The third-order valence-electron chi connectivity index (χ3n) is 3.00. The van der Waals surface area contributed by atoms with Crippen LogP contribution in [-0.2, 0) is 6.42 Å². The SMILES string of the molecule is C=C/C=C\C=C(/C)CCCCc1cccc(C)c1. The Balaban J connectivity index is 2.24. The van der Waals surface area contributed by atoms with Crippen molar-refractivity contribution in [1.29, 1.82) is 0 Å². The standard InChI is InChI=1S/C18H24/c1-4-5-6-10-16(2)11-7-8-13-18-14-9-12-17(3)15-18/h4-6,9-10,12,14-15H,1,7-8,11,13H2,2-3H3/b6-5-,16-10+. The van der Waals surface area contributed by atoms with Crippen LogP contribution in [0.25, 0.3) is 0 Å². The van der Waals surface area contributed by atoms with E-state index in [-0.39, 0.29) is 0 Å². The number of hydrogen-bond donors (Lipinski definition) is 0. The lowest BCUT2D eigenvalue weighted by Gasteiger charge is -2.03. The third kappa shape index (κ3) is 6.24. The van der Waals surface area contributed by atoms with Crippen LogP contribution in [0.3, 0.4) is 0 Å². The molecule has 0 heterocycles. The van der Waals surface area contributed by atoms with Gasteiger partial charge in [-0.15, -0.1) is 0 Å². The first-order chi connectivity index (χ1) is 8.72. The summed E-state index contributed by atoms with van der Waals surface area (Å²) in [6.45, 7) is 8.01. The quantitative estimate of drug-likeness (QED) is 0.442. The van der Waals surface area contributed by atoms with E-state index in [4.69, 9.17) is 0 Å². The van der Waals surface area contributed by atoms with Crippen molar-refractivity contribution in [1.82, 2.24) is 0 Å². The average molecular weight is 240 g/mol. The van der Waals surface area contributed by atoms with Gasteiger partial charge in [-0.1, -0.05) is 66.3 Å². The van der Waals surface area contributed by atoms with Crippen molar-refractivity contribution in [2.75, 3.05) is 0 Å². The fourth-order valence-electron chi connectivity index (χ4n) is 1.98. The number of benzene rings is 1. The highest BCUT2D eigenvalue weighted by Crippen LogP contribution is 2.12. The summed E-state index contributed by atoms with van der Waals surface area (Å²) in [5.41, 5.74) is 4.26. The molecule has 0 spiro atoms. The number of unbranched alkanes of at least 4 members (excludes halogenated alkanes) is 1. The van der Waals surface area contributed by atoms with Gasteiger partial charge < -0.3 is 0 Å². The van der Waals surface area contributed by atoms with Crippen molar-refractivity contribution >= 4 is 0 Å². The molecule has 0 aliphatic heterocycles. The molecule has 1 aromatic rings. The Kier molecular flexibility index (Phi) is 6.86. The first kappa shape index (κ1) is 14.5. The summed E-state index contributed by atoms with van der Waals surface area (Å²) in [5, 5.41) is 0. The van der Waals surface area contributed by atoms with Crippen molar-refractivity contribution in [3.63, 3.8) is 0 Å². The van der Waals surface area contributed by atoms with Crippen LogP contribution >= 0.6 is 0 Å². The van der Waals surface area contributed by atoms with Gasteiger partial charge in [-0.2, -0.15) is 0 Å². The van der Waals surface area contributed by atoms with Gasteiger partial charge in [-0.25, -0.2) is 0 Å². The fourth-order valence-corrected chi connectivity index (χ4v) is 1.98. The first-order valence-corrected chi connectivity index (χ1v) is 6.73. The second kappa shape index (κ2) is 8.52. The van der Waals surface area contributed by atoms with E-state index in [1.807, 2.05) is 12.2 Å². The van der Waals surface area contributed by atoms with Gasteiger partial charge in [0.1, 0.15) is 0 Å². The zero-order valence-electron chi connectivity index (χ0n) is 11.7. The molecule has 18 heavy (non-hydrogen) atoms. The molecule has 0 fully saturated rings. The van der Waals surface area contributed by atoms with Crippen LogP contribution < -0.4 is 0 Å². The van der Waals surface area contributed by atoms with Crippen molar-refractivity contribution in [2.45, 2.75) is 39.5 Å². The zero-order valence-corrected chi connectivity index (χ0v) is 11.7. The van der Waals surface area contributed by atoms with Gasteiger partial charge in [0.15, 0.2) is 0 Å². The lowest BCUT2D eigenvalue weighted by molar-refractivity contribution is 0.729. The van der Waals surface area contributed by atoms with Crippen LogP contribution in [-0.4, -0.2) is 0 Å². The van der Waals surface area contributed by atoms with Gasteiger partial charge in [0.2, 0.25) is 0 Å². The third-order valence-corrected chi connectivity index (χ3v) is 3.00. The van der Waals surface area contributed by atoms with Crippen LogP contribution in [0.4, 0.5) is 0 Å². The number of hydrogen-bond acceptors (Lipinski definition) is 0. The van der Waals surface area contributed by atoms with Crippen molar-refractivity contribution in [2.24, 2.45) is 0 Å². The maximum atomic E-state index is 3.66. The van der Waals surface area contributed by atoms with E-state index in [1.165, 1.54) is 42.4 Å². The average Bonchev–Trinajstić information content (AvgIpc) is 2.35. The molecule has 0 saturated carbocycles. The Morgan fingerprint density at radius 2 is 2.06 bits per heavy atom. The number of allylic oxidation sites excluding steroid dienone is 5. The van der Waals surface area contributed by atoms with Crippen LogP contribution in [0.2, 0.25) is 0 Å². The Bertz CT molecular complexity index is 421. The monoisotopic (exact) mass is 240 g/mol. The minimum absolute atomic E-state index is 1.19. The molecule has 0 N–H and O–H groups in total. The normalized spacial score (nSPS) is 12.0. The molecule has 1 rings (SSSR count). The summed E-state index contributed by atoms with van der Waals surface area (Å²) in [6.07, 6.45) is 12.9. The Labute approximate surface area is 112 Å². The molecule has 0 radical (unpaired) electrons. The van der Waals surface area contributed by atoms with Gasteiger partial charge in [0.05, 0.1) is 0 Å². The summed E-state index contributed by atoms with van der Waals surface area (Å²) < 4.78 is 0. The van der Waals surface area contributed by atoms with E-state index < -0.39 is 0 Å². The maximum absolute atomic E-state index is 3.66. The fraction of sp³-hybridized carbons (Fsp3) is 0.333. The van der Waals surface area contributed by atoms with Gasteiger partial charge in [0.25, 0.3) is 0 Å². The number of rotatable bonds is 7. The summed E-state index contributed by atoms with van der Waals surface area (Å²) in [4.78, 5) is 0. The van der Waals surface area contributed by atoms with Gasteiger partial charge in [-0.05, 0) is 45.1 Å². The van der Waals surface area contributed by atoms with Crippen LogP contribution in [0.5, 0.6) is 0 Å². The van der Waals surface area contributed by atoms with Crippen molar-refractivity contribution in [3.05, 3.63) is 71.8 Å². The van der Waals surface area contributed by atoms with E-state index in [1.54, 1.807) is 0 Å². The van der Waals surface area contributed by atoms with Crippen LogP contribution in [0, 0.1) is 6.92 Å². The van der Waals surface area contributed by atoms with E-state index in [0.717, 1.165) is 0 Å². The lowest BCUT2D eigenvalue weighted by Crippen LogP contribution is -1.87. The molecular formula is C18H24. The molecule has 0 nitrogen and oxygen atoms in total. The zero-order chi connectivity index (χ0) is 13.2. The topological polar surface area (TPSA) is 0 Å². The minimum Gasteiger partial charge on any atom is -0.0991 e. The molecule has 0 heteroatoms. The summed E-state index contributed by atoms with van der Waals surface area (Å²) >= 11 is 0. The van der Waals surface area contributed by atoms with E-state index in [9.17, 15) is 0 Å². The van der Waals surface area contributed by atoms with Crippen molar-refractivity contribution < 1.29 is 0 Å². The van der Waals surface area contributed by atoms with Gasteiger partial charge in [-0.3, -0.25) is 0 Å². The first-order valence-electron chi connectivity index (χ1n) is 6.73. The largest absolute Gasteiger partial charge is 0.0991 e.